The van der Waals surface area contributed by atoms with Crippen LogP contribution in [0.15, 0.2) is 41.2 Å². The molecule has 1 aromatic carbocycles. The summed E-state index contributed by atoms with van der Waals surface area (Å²) in [6.45, 7) is 0.669. The number of rotatable bonds is 6. The molecule has 120 valence electrons. The minimum absolute atomic E-state index is 0.0451. The van der Waals surface area contributed by atoms with E-state index in [4.69, 9.17) is 4.74 Å². The van der Waals surface area contributed by atoms with E-state index >= 15 is 0 Å². The molecule has 0 spiro atoms. The highest BCUT2D eigenvalue weighted by molar-refractivity contribution is 5.77. The van der Waals surface area contributed by atoms with Crippen LogP contribution in [0.2, 0.25) is 0 Å². The van der Waals surface area contributed by atoms with Gasteiger partial charge in [-0.05, 0) is 37.0 Å². The summed E-state index contributed by atoms with van der Waals surface area (Å²) in [6.07, 6.45) is 2.91. The van der Waals surface area contributed by atoms with Crippen LogP contribution >= 0.6 is 0 Å². The van der Waals surface area contributed by atoms with Crippen LogP contribution in [0.3, 0.4) is 0 Å². The second-order valence-electron chi connectivity index (χ2n) is 5.48. The fraction of sp³-hybridized carbons (Fsp3) is 0.353. The lowest BCUT2D eigenvalue weighted by molar-refractivity contribution is -0.123. The van der Waals surface area contributed by atoms with Crippen molar-refractivity contribution in [2.45, 2.75) is 25.8 Å². The van der Waals surface area contributed by atoms with E-state index < -0.39 is 0 Å². The van der Waals surface area contributed by atoms with Gasteiger partial charge in [-0.1, -0.05) is 18.2 Å². The van der Waals surface area contributed by atoms with Gasteiger partial charge >= 0.3 is 0 Å². The molecule has 3 rings (SSSR count). The molecule has 0 unspecified atom stereocenters. The lowest BCUT2D eigenvalue weighted by atomic mass is 10.2. The third-order valence-corrected chi connectivity index (χ3v) is 3.78. The molecule has 23 heavy (non-hydrogen) atoms. The molecule has 0 radical (unpaired) electrons. The highest BCUT2D eigenvalue weighted by atomic mass is 16.5. The van der Waals surface area contributed by atoms with E-state index in [-0.39, 0.29) is 18.1 Å². The van der Waals surface area contributed by atoms with Crippen LogP contribution in [0.1, 0.15) is 17.7 Å². The zero-order valence-electron chi connectivity index (χ0n) is 12.8. The van der Waals surface area contributed by atoms with E-state index in [1.165, 1.54) is 4.68 Å². The maximum atomic E-state index is 11.9. The maximum absolute atomic E-state index is 11.9. The number of benzene rings is 1. The zero-order chi connectivity index (χ0) is 16.1. The number of aryl methyl sites for hydroxylation is 2. The van der Waals surface area contributed by atoms with E-state index in [1.54, 1.807) is 18.2 Å². The minimum atomic E-state index is -0.219. The van der Waals surface area contributed by atoms with Gasteiger partial charge in [0.1, 0.15) is 5.75 Å². The van der Waals surface area contributed by atoms with Gasteiger partial charge in [0.2, 0.25) is 0 Å². The van der Waals surface area contributed by atoms with Crippen molar-refractivity contribution >= 4 is 5.91 Å². The molecule has 1 aliphatic carbocycles. The van der Waals surface area contributed by atoms with E-state index in [9.17, 15) is 9.59 Å². The summed E-state index contributed by atoms with van der Waals surface area (Å²) in [4.78, 5) is 23.7. The molecule has 1 amide bonds. The van der Waals surface area contributed by atoms with Crippen LogP contribution in [0.25, 0.3) is 0 Å². The van der Waals surface area contributed by atoms with E-state index in [0.29, 0.717) is 18.8 Å². The van der Waals surface area contributed by atoms with Gasteiger partial charge in [0.25, 0.3) is 11.5 Å². The number of amides is 1. The van der Waals surface area contributed by atoms with Crippen molar-refractivity contribution in [3.05, 3.63) is 58.0 Å². The molecular weight excluding hydrogens is 294 g/mol. The first-order valence-electron chi connectivity index (χ1n) is 7.77. The standard InChI is InChI=1S/C17H19N3O3/c21-16(12-23-14-6-2-1-3-7-14)18-9-10-20-17(22)11-13-5-4-8-15(13)19-20/h1-3,6-7,11H,4-5,8-10,12H2,(H,18,21). The normalized spacial score (nSPS) is 12.7. The lowest BCUT2D eigenvalue weighted by Crippen LogP contribution is -2.34. The second kappa shape index (κ2) is 7.09. The monoisotopic (exact) mass is 313 g/mol. The summed E-state index contributed by atoms with van der Waals surface area (Å²) in [7, 11) is 0. The fourth-order valence-electron chi connectivity index (χ4n) is 2.62. The van der Waals surface area contributed by atoms with Crippen LogP contribution in [0, 0.1) is 0 Å². The quantitative estimate of drug-likeness (QED) is 0.861. The van der Waals surface area contributed by atoms with Gasteiger partial charge in [0, 0.05) is 12.6 Å². The summed E-state index contributed by atoms with van der Waals surface area (Å²) in [5, 5.41) is 7.10. The van der Waals surface area contributed by atoms with E-state index in [2.05, 4.69) is 10.4 Å². The number of carbonyl (C=O) groups is 1. The summed E-state index contributed by atoms with van der Waals surface area (Å²) < 4.78 is 6.78. The number of ether oxygens (including phenoxy) is 1. The van der Waals surface area contributed by atoms with Gasteiger partial charge in [0.15, 0.2) is 6.61 Å². The highest BCUT2D eigenvalue weighted by Crippen LogP contribution is 2.16. The number of aromatic nitrogens is 2. The van der Waals surface area contributed by atoms with Crippen molar-refractivity contribution in [3.8, 4) is 5.75 Å². The van der Waals surface area contributed by atoms with Gasteiger partial charge < -0.3 is 10.1 Å². The number of nitrogens with zero attached hydrogens (tertiary/aromatic N) is 2. The topological polar surface area (TPSA) is 73.2 Å². The first kappa shape index (κ1) is 15.3. The molecule has 0 atom stereocenters. The molecule has 0 fully saturated rings. The minimum Gasteiger partial charge on any atom is -0.484 e. The number of fused-ring (bicyclic) bond motifs is 1. The number of nitrogens with one attached hydrogen (secondary N) is 1. The van der Waals surface area contributed by atoms with Crippen LogP contribution in [0.4, 0.5) is 0 Å². The molecule has 6 heteroatoms. The van der Waals surface area contributed by atoms with Gasteiger partial charge in [0.05, 0.1) is 12.2 Å². The summed E-state index contributed by atoms with van der Waals surface area (Å²) in [5.41, 5.74) is 1.95. The van der Waals surface area contributed by atoms with Gasteiger partial charge in [-0.3, -0.25) is 9.59 Å². The summed E-state index contributed by atoms with van der Waals surface area (Å²) in [6, 6.07) is 10.8. The Balaban J connectivity index is 1.46. The molecule has 0 aliphatic heterocycles. The third-order valence-electron chi connectivity index (χ3n) is 3.78. The predicted octanol–water partition coefficient (Wildman–Crippen LogP) is 0.927. The lowest BCUT2D eigenvalue weighted by Gasteiger charge is -2.09. The van der Waals surface area contributed by atoms with Crippen molar-refractivity contribution in [2.24, 2.45) is 0 Å². The molecule has 1 N–H and O–H groups in total. The Bertz CT molecular complexity index is 740. The smallest absolute Gasteiger partial charge is 0.267 e. The largest absolute Gasteiger partial charge is 0.484 e. The highest BCUT2D eigenvalue weighted by Gasteiger charge is 2.14. The number of hydrogen-bond acceptors (Lipinski definition) is 4. The molecule has 0 saturated heterocycles. The molecule has 1 heterocycles. The van der Waals surface area contributed by atoms with Crippen molar-refractivity contribution in [1.29, 1.82) is 0 Å². The first-order chi connectivity index (χ1) is 11.2. The van der Waals surface area contributed by atoms with Crippen LogP contribution < -0.4 is 15.6 Å². The first-order valence-corrected chi connectivity index (χ1v) is 7.77. The van der Waals surface area contributed by atoms with Crippen molar-refractivity contribution in [2.75, 3.05) is 13.2 Å². The van der Waals surface area contributed by atoms with Crippen LogP contribution in [-0.2, 0) is 24.2 Å². The number of para-hydroxylation sites is 1. The van der Waals surface area contributed by atoms with Crippen molar-refractivity contribution < 1.29 is 9.53 Å². The predicted molar refractivity (Wildman–Crippen MR) is 85.5 cm³/mol. The van der Waals surface area contributed by atoms with Crippen LogP contribution in [0.5, 0.6) is 5.75 Å². The molecule has 2 aromatic rings. The average molecular weight is 313 g/mol. The maximum Gasteiger partial charge on any atom is 0.267 e. The number of hydrogen-bond donors (Lipinski definition) is 1. The van der Waals surface area contributed by atoms with E-state index in [0.717, 1.165) is 30.5 Å². The molecule has 0 saturated carbocycles. The average Bonchev–Trinajstić information content (AvgIpc) is 3.01. The second-order valence-corrected chi connectivity index (χ2v) is 5.48. The Kier molecular flexibility index (Phi) is 4.71. The Morgan fingerprint density at radius 1 is 1.26 bits per heavy atom. The molecule has 1 aliphatic rings. The Morgan fingerprint density at radius 2 is 2.09 bits per heavy atom. The number of carbonyl (C=O) groups excluding carboxylic acids is 1. The van der Waals surface area contributed by atoms with Crippen molar-refractivity contribution in [1.82, 2.24) is 15.1 Å². The van der Waals surface area contributed by atoms with Gasteiger partial charge in [-0.2, -0.15) is 5.10 Å². The molecule has 6 nitrogen and oxygen atoms in total. The van der Waals surface area contributed by atoms with E-state index in [1.807, 2.05) is 18.2 Å². The van der Waals surface area contributed by atoms with Crippen molar-refractivity contribution in [3.63, 3.8) is 0 Å². The third kappa shape index (κ3) is 3.97. The zero-order valence-corrected chi connectivity index (χ0v) is 12.8. The fourth-order valence-corrected chi connectivity index (χ4v) is 2.62. The SMILES string of the molecule is O=C(COc1ccccc1)NCCn1nc2c(cc1=O)CCC2. The van der Waals surface area contributed by atoms with Gasteiger partial charge in [-0.15, -0.1) is 0 Å². The molecular formula is C17H19N3O3. The molecule has 1 aromatic heterocycles. The summed E-state index contributed by atoms with van der Waals surface area (Å²) >= 11 is 0. The Labute approximate surface area is 134 Å². The molecule has 0 bridgehead atoms. The van der Waals surface area contributed by atoms with Gasteiger partial charge in [-0.25, -0.2) is 4.68 Å². The summed E-state index contributed by atoms with van der Waals surface area (Å²) in [5.74, 6) is 0.433. The van der Waals surface area contributed by atoms with Crippen LogP contribution in [-0.4, -0.2) is 28.8 Å². The Hall–Kier alpha value is -2.63. The Morgan fingerprint density at radius 3 is 2.91 bits per heavy atom.